The molecule has 0 radical (unpaired) electrons. The number of rotatable bonds is 4. The monoisotopic (exact) mass is 309 g/mol. The van der Waals surface area contributed by atoms with Crippen LogP contribution in [0.5, 0.6) is 0 Å². The van der Waals surface area contributed by atoms with Crippen LogP contribution in [0.25, 0.3) is 0 Å². The second-order valence-electron chi connectivity index (χ2n) is 3.68. The second kappa shape index (κ2) is 5.72. The molecule has 1 amide bonds. The van der Waals surface area contributed by atoms with Gasteiger partial charge in [0, 0.05) is 26.2 Å². The minimum atomic E-state index is -0.161. The highest BCUT2D eigenvalue weighted by molar-refractivity contribution is 9.10. The normalized spacial score (nSPS) is 10.3. The topological polar surface area (TPSA) is 72.7 Å². The zero-order valence-electron chi connectivity index (χ0n) is 9.80. The molecule has 0 unspecified atom stereocenters. The molecule has 0 fully saturated rings. The summed E-state index contributed by atoms with van der Waals surface area (Å²) in [5.74, 6) is 0.550. The number of hydrogen-bond acceptors (Lipinski definition) is 4. The molecule has 0 saturated heterocycles. The quantitative estimate of drug-likeness (QED) is 0.853. The number of hydrogen-bond donors (Lipinski definition) is 1. The Hall–Kier alpha value is -1.76. The maximum atomic E-state index is 11.8. The Bertz CT molecular complexity index is 554. The lowest BCUT2D eigenvalue weighted by atomic mass is 10.2. The van der Waals surface area contributed by atoms with E-state index in [0.29, 0.717) is 29.0 Å². The van der Waals surface area contributed by atoms with E-state index in [4.69, 9.17) is 0 Å². The average molecular weight is 310 g/mol. The maximum absolute atomic E-state index is 11.8. The molecule has 18 heavy (non-hydrogen) atoms. The van der Waals surface area contributed by atoms with Crippen molar-refractivity contribution in [3.05, 3.63) is 40.6 Å². The third-order valence-corrected chi connectivity index (χ3v) is 2.92. The zero-order chi connectivity index (χ0) is 13.0. The first kappa shape index (κ1) is 12.7. The summed E-state index contributed by atoms with van der Waals surface area (Å²) in [6.07, 6.45) is 3.86. The zero-order valence-corrected chi connectivity index (χ0v) is 11.4. The Morgan fingerprint density at radius 1 is 1.50 bits per heavy atom. The lowest BCUT2D eigenvalue weighted by molar-refractivity contribution is 0.0953. The Morgan fingerprint density at radius 2 is 2.33 bits per heavy atom. The summed E-state index contributed by atoms with van der Waals surface area (Å²) in [4.78, 5) is 19.9. The summed E-state index contributed by atoms with van der Waals surface area (Å²) >= 11 is 3.24. The highest BCUT2D eigenvalue weighted by Gasteiger charge is 2.09. The Morgan fingerprint density at radius 3 is 3.00 bits per heavy atom. The van der Waals surface area contributed by atoms with Gasteiger partial charge in [0.2, 0.25) is 0 Å². The fourth-order valence-corrected chi connectivity index (χ4v) is 1.87. The van der Waals surface area contributed by atoms with Crippen molar-refractivity contribution in [1.29, 1.82) is 0 Å². The van der Waals surface area contributed by atoms with Gasteiger partial charge in [0.25, 0.3) is 5.91 Å². The van der Waals surface area contributed by atoms with Gasteiger partial charge < -0.3 is 5.32 Å². The molecule has 0 aliphatic carbocycles. The van der Waals surface area contributed by atoms with Crippen LogP contribution in [0.1, 0.15) is 16.2 Å². The highest BCUT2D eigenvalue weighted by atomic mass is 79.9. The molecular formula is C11H12BrN5O. The number of halogens is 1. The van der Waals surface area contributed by atoms with E-state index in [1.54, 1.807) is 29.3 Å². The summed E-state index contributed by atoms with van der Waals surface area (Å²) in [6.45, 7) is 0.490. The van der Waals surface area contributed by atoms with Crippen LogP contribution < -0.4 is 5.32 Å². The highest BCUT2D eigenvalue weighted by Crippen LogP contribution is 2.11. The fourth-order valence-electron chi connectivity index (χ4n) is 1.44. The average Bonchev–Trinajstić information content (AvgIpc) is 2.75. The van der Waals surface area contributed by atoms with E-state index >= 15 is 0 Å². The van der Waals surface area contributed by atoms with Gasteiger partial charge in [-0.05, 0) is 28.1 Å². The molecule has 94 valence electrons. The van der Waals surface area contributed by atoms with E-state index in [9.17, 15) is 4.79 Å². The molecule has 2 rings (SSSR count). The lowest BCUT2D eigenvalue weighted by Gasteiger charge is -2.04. The number of pyridine rings is 1. The van der Waals surface area contributed by atoms with Crippen molar-refractivity contribution in [2.75, 3.05) is 6.54 Å². The molecule has 0 bridgehead atoms. The number of nitrogens with one attached hydrogen (secondary N) is 1. The van der Waals surface area contributed by atoms with Crippen LogP contribution in [0, 0.1) is 0 Å². The van der Waals surface area contributed by atoms with Crippen molar-refractivity contribution in [3.8, 4) is 0 Å². The van der Waals surface area contributed by atoms with Crippen LogP contribution in [0.15, 0.2) is 29.3 Å². The summed E-state index contributed by atoms with van der Waals surface area (Å²) in [6, 6.07) is 3.44. The van der Waals surface area contributed by atoms with Gasteiger partial charge in [-0.3, -0.25) is 9.48 Å². The van der Waals surface area contributed by atoms with E-state index in [1.165, 1.54) is 0 Å². The van der Waals surface area contributed by atoms with E-state index in [1.807, 2.05) is 7.05 Å². The first-order chi connectivity index (χ1) is 8.66. The number of carbonyl (C=O) groups is 1. The van der Waals surface area contributed by atoms with Crippen molar-refractivity contribution in [1.82, 2.24) is 25.1 Å². The Labute approximate surface area is 113 Å². The molecule has 0 aromatic carbocycles. The summed E-state index contributed by atoms with van der Waals surface area (Å²) in [5, 5.41) is 6.93. The molecule has 0 aliphatic heterocycles. The fraction of sp³-hybridized carbons (Fsp3) is 0.273. The molecule has 0 aliphatic rings. The van der Waals surface area contributed by atoms with Gasteiger partial charge in [-0.1, -0.05) is 0 Å². The first-order valence-electron chi connectivity index (χ1n) is 5.40. The smallest absolute Gasteiger partial charge is 0.254 e. The van der Waals surface area contributed by atoms with Crippen molar-refractivity contribution in [2.45, 2.75) is 6.42 Å². The number of aromatic nitrogens is 4. The van der Waals surface area contributed by atoms with E-state index in [0.717, 1.165) is 0 Å². The lowest BCUT2D eigenvalue weighted by Crippen LogP contribution is -2.26. The Balaban J connectivity index is 1.87. The third-order valence-electron chi connectivity index (χ3n) is 2.28. The predicted octanol–water partition coefficient (Wildman–Crippen LogP) is 0.945. The third kappa shape index (κ3) is 3.13. The molecule has 0 atom stereocenters. The van der Waals surface area contributed by atoms with Gasteiger partial charge in [0.1, 0.15) is 10.9 Å². The standard InChI is InChI=1S/C11H12BrN5O/c1-17-7-15-9(16-17)4-6-14-11(18)8-3-2-5-13-10(8)12/h2-3,5,7H,4,6H2,1H3,(H,14,18). The largest absolute Gasteiger partial charge is 0.351 e. The molecule has 6 nitrogen and oxygen atoms in total. The van der Waals surface area contributed by atoms with Gasteiger partial charge in [-0.15, -0.1) is 0 Å². The molecule has 2 aromatic heterocycles. The van der Waals surface area contributed by atoms with Crippen molar-refractivity contribution >= 4 is 21.8 Å². The van der Waals surface area contributed by atoms with Crippen molar-refractivity contribution in [3.63, 3.8) is 0 Å². The van der Waals surface area contributed by atoms with Gasteiger partial charge in [0.15, 0.2) is 5.82 Å². The minimum Gasteiger partial charge on any atom is -0.351 e. The van der Waals surface area contributed by atoms with Crippen LogP contribution >= 0.6 is 15.9 Å². The molecule has 2 aromatic rings. The van der Waals surface area contributed by atoms with E-state index < -0.39 is 0 Å². The predicted molar refractivity (Wildman–Crippen MR) is 69.0 cm³/mol. The van der Waals surface area contributed by atoms with Crippen molar-refractivity contribution in [2.24, 2.45) is 7.05 Å². The van der Waals surface area contributed by atoms with Crippen LogP contribution in [0.4, 0.5) is 0 Å². The van der Waals surface area contributed by atoms with Crippen LogP contribution in [0.3, 0.4) is 0 Å². The van der Waals surface area contributed by atoms with Gasteiger partial charge >= 0.3 is 0 Å². The number of amides is 1. The molecule has 2 heterocycles. The summed E-state index contributed by atoms with van der Waals surface area (Å²) in [7, 11) is 1.81. The second-order valence-corrected chi connectivity index (χ2v) is 4.43. The Kier molecular flexibility index (Phi) is 4.03. The van der Waals surface area contributed by atoms with Crippen LogP contribution in [-0.4, -0.2) is 32.2 Å². The molecule has 0 spiro atoms. The van der Waals surface area contributed by atoms with Crippen LogP contribution in [-0.2, 0) is 13.5 Å². The van der Waals surface area contributed by atoms with Crippen LogP contribution in [0.2, 0.25) is 0 Å². The minimum absolute atomic E-state index is 0.161. The number of nitrogens with zero attached hydrogens (tertiary/aromatic N) is 4. The van der Waals surface area contributed by atoms with E-state index in [2.05, 4.69) is 36.3 Å². The van der Waals surface area contributed by atoms with Gasteiger partial charge in [0.05, 0.1) is 5.56 Å². The summed E-state index contributed by atoms with van der Waals surface area (Å²) in [5.41, 5.74) is 0.520. The van der Waals surface area contributed by atoms with Crippen molar-refractivity contribution < 1.29 is 4.79 Å². The SMILES string of the molecule is Cn1cnc(CCNC(=O)c2cccnc2Br)n1. The number of aryl methyl sites for hydroxylation is 1. The maximum Gasteiger partial charge on any atom is 0.254 e. The van der Waals surface area contributed by atoms with E-state index in [-0.39, 0.29) is 5.91 Å². The molecule has 1 N–H and O–H groups in total. The van der Waals surface area contributed by atoms with Gasteiger partial charge in [-0.25, -0.2) is 9.97 Å². The van der Waals surface area contributed by atoms with Gasteiger partial charge in [-0.2, -0.15) is 5.10 Å². The number of carbonyl (C=O) groups excluding carboxylic acids is 1. The molecule has 7 heteroatoms. The summed E-state index contributed by atoms with van der Waals surface area (Å²) < 4.78 is 2.17. The molecule has 0 saturated carbocycles. The first-order valence-corrected chi connectivity index (χ1v) is 6.19. The molecular weight excluding hydrogens is 298 g/mol.